The molecule has 0 spiro atoms. The summed E-state index contributed by atoms with van der Waals surface area (Å²) in [5, 5.41) is 12.0. The normalized spacial score (nSPS) is 15.2. The molecular formula is C22H34N6O3. The quantitative estimate of drug-likeness (QED) is 0.721. The maximum absolute atomic E-state index is 13.0. The number of aromatic nitrogens is 3. The zero-order chi connectivity index (χ0) is 22.7. The molecule has 9 heteroatoms. The largest absolute Gasteiger partial charge is 0.466 e. The summed E-state index contributed by atoms with van der Waals surface area (Å²) in [5.41, 5.74) is 0.615. The number of rotatable bonds is 7. The second-order valence-corrected chi connectivity index (χ2v) is 8.98. The van der Waals surface area contributed by atoms with E-state index in [1.54, 1.807) is 6.07 Å². The molecule has 1 aliphatic heterocycles. The summed E-state index contributed by atoms with van der Waals surface area (Å²) in [4.78, 5) is 29.2. The number of nitrogens with zero attached hydrogens (tertiary/aromatic N) is 5. The van der Waals surface area contributed by atoms with Gasteiger partial charge in [0.05, 0.1) is 18.2 Å². The summed E-state index contributed by atoms with van der Waals surface area (Å²) < 4.78 is 7.61. The van der Waals surface area contributed by atoms with Gasteiger partial charge in [0.25, 0.3) is 5.91 Å². The SMILES string of the molecule is Cc1cc(C(=O)N2CCc3nnc([C@H](CC(C)C)NC(=O)CN(C)C)n3CC2)c(C)o1. The lowest BCUT2D eigenvalue weighted by atomic mass is 10.0. The van der Waals surface area contributed by atoms with Crippen LogP contribution in [0, 0.1) is 19.8 Å². The Bertz CT molecular complexity index is 930. The van der Waals surface area contributed by atoms with Crippen LogP contribution in [0.2, 0.25) is 0 Å². The third kappa shape index (κ3) is 5.52. The van der Waals surface area contributed by atoms with Gasteiger partial charge in [0.15, 0.2) is 5.82 Å². The highest BCUT2D eigenvalue weighted by atomic mass is 16.3. The van der Waals surface area contributed by atoms with Crippen molar-refractivity contribution < 1.29 is 14.0 Å². The molecule has 1 atom stereocenters. The molecule has 0 saturated heterocycles. The highest BCUT2D eigenvalue weighted by Crippen LogP contribution is 2.23. The number of aryl methyl sites for hydroxylation is 2. The zero-order valence-electron chi connectivity index (χ0n) is 19.4. The first-order valence-corrected chi connectivity index (χ1v) is 10.9. The monoisotopic (exact) mass is 430 g/mol. The van der Waals surface area contributed by atoms with Crippen LogP contribution in [0.1, 0.15) is 59.8 Å². The van der Waals surface area contributed by atoms with Crippen molar-refractivity contribution in [1.29, 1.82) is 0 Å². The average Bonchev–Trinajstić information content (AvgIpc) is 3.15. The van der Waals surface area contributed by atoms with Crippen molar-refractivity contribution in [3.05, 3.63) is 34.8 Å². The zero-order valence-corrected chi connectivity index (χ0v) is 19.4. The molecule has 3 rings (SSSR count). The molecule has 0 radical (unpaired) electrons. The number of hydrogen-bond donors (Lipinski definition) is 1. The average molecular weight is 431 g/mol. The molecule has 0 unspecified atom stereocenters. The van der Waals surface area contributed by atoms with E-state index in [4.69, 9.17) is 4.42 Å². The van der Waals surface area contributed by atoms with Crippen LogP contribution in [0.3, 0.4) is 0 Å². The van der Waals surface area contributed by atoms with E-state index >= 15 is 0 Å². The van der Waals surface area contributed by atoms with Gasteiger partial charge in [-0.05, 0) is 46.3 Å². The van der Waals surface area contributed by atoms with Crippen LogP contribution in [-0.2, 0) is 17.8 Å². The van der Waals surface area contributed by atoms with Crippen molar-refractivity contribution in [1.82, 2.24) is 29.9 Å². The fraction of sp³-hybridized carbons (Fsp3) is 0.636. The molecule has 1 aliphatic rings. The maximum Gasteiger partial charge on any atom is 0.257 e. The van der Waals surface area contributed by atoms with Crippen molar-refractivity contribution in [2.24, 2.45) is 5.92 Å². The number of amides is 2. The van der Waals surface area contributed by atoms with Crippen molar-refractivity contribution in [3.63, 3.8) is 0 Å². The lowest BCUT2D eigenvalue weighted by Crippen LogP contribution is -2.38. The Balaban J connectivity index is 1.77. The third-order valence-electron chi connectivity index (χ3n) is 5.43. The van der Waals surface area contributed by atoms with Crippen LogP contribution in [-0.4, -0.2) is 70.1 Å². The summed E-state index contributed by atoms with van der Waals surface area (Å²) in [6.45, 7) is 9.96. The molecule has 0 fully saturated rings. The smallest absolute Gasteiger partial charge is 0.257 e. The molecule has 170 valence electrons. The highest BCUT2D eigenvalue weighted by molar-refractivity contribution is 5.95. The Morgan fingerprint density at radius 3 is 2.55 bits per heavy atom. The molecule has 1 N–H and O–H groups in total. The topological polar surface area (TPSA) is 96.5 Å². The number of nitrogens with one attached hydrogen (secondary N) is 1. The van der Waals surface area contributed by atoms with Gasteiger partial charge in [-0.3, -0.25) is 9.59 Å². The van der Waals surface area contributed by atoms with Crippen LogP contribution in [0.4, 0.5) is 0 Å². The van der Waals surface area contributed by atoms with Crippen molar-refractivity contribution >= 4 is 11.8 Å². The van der Waals surface area contributed by atoms with E-state index in [0.717, 1.165) is 23.8 Å². The van der Waals surface area contributed by atoms with Crippen molar-refractivity contribution in [2.75, 3.05) is 33.7 Å². The van der Waals surface area contributed by atoms with Crippen LogP contribution in [0.25, 0.3) is 0 Å². The van der Waals surface area contributed by atoms with Gasteiger partial charge in [-0.1, -0.05) is 13.8 Å². The van der Waals surface area contributed by atoms with Gasteiger partial charge in [-0.25, -0.2) is 0 Å². The van der Waals surface area contributed by atoms with E-state index in [2.05, 4.69) is 33.9 Å². The Morgan fingerprint density at radius 1 is 1.19 bits per heavy atom. The Hall–Kier alpha value is -2.68. The van der Waals surface area contributed by atoms with Crippen LogP contribution >= 0.6 is 0 Å². The van der Waals surface area contributed by atoms with E-state index in [0.29, 0.717) is 49.8 Å². The summed E-state index contributed by atoms with van der Waals surface area (Å²) >= 11 is 0. The highest BCUT2D eigenvalue weighted by Gasteiger charge is 2.28. The summed E-state index contributed by atoms with van der Waals surface area (Å²) in [6.07, 6.45) is 1.39. The lowest BCUT2D eigenvalue weighted by molar-refractivity contribution is -0.122. The van der Waals surface area contributed by atoms with Gasteiger partial charge < -0.3 is 24.1 Å². The van der Waals surface area contributed by atoms with Crippen LogP contribution < -0.4 is 5.32 Å². The number of likely N-dealkylation sites (N-methyl/N-ethyl adjacent to an activating group) is 1. The second kappa shape index (κ2) is 9.64. The molecule has 0 bridgehead atoms. The van der Waals surface area contributed by atoms with E-state index in [1.165, 1.54) is 0 Å². The van der Waals surface area contributed by atoms with E-state index in [9.17, 15) is 9.59 Å². The molecule has 3 heterocycles. The molecule has 2 aromatic rings. The first-order valence-electron chi connectivity index (χ1n) is 10.9. The third-order valence-corrected chi connectivity index (χ3v) is 5.43. The van der Waals surface area contributed by atoms with E-state index in [-0.39, 0.29) is 17.9 Å². The summed E-state index contributed by atoms with van der Waals surface area (Å²) in [7, 11) is 3.74. The van der Waals surface area contributed by atoms with E-state index < -0.39 is 0 Å². The van der Waals surface area contributed by atoms with E-state index in [1.807, 2.05) is 37.7 Å². The minimum absolute atomic E-state index is 0.0207. The molecule has 2 aromatic heterocycles. The first kappa shape index (κ1) is 23.0. The number of hydrogen-bond acceptors (Lipinski definition) is 6. The lowest BCUT2D eigenvalue weighted by Gasteiger charge is -2.23. The van der Waals surface area contributed by atoms with Gasteiger partial charge in [0.2, 0.25) is 5.91 Å². The van der Waals surface area contributed by atoms with Crippen molar-refractivity contribution in [3.8, 4) is 0 Å². The molecule has 0 aromatic carbocycles. The van der Waals surface area contributed by atoms with Crippen LogP contribution in [0.5, 0.6) is 0 Å². The molecule has 0 aliphatic carbocycles. The number of carbonyl (C=O) groups excluding carboxylic acids is 2. The molecule has 2 amide bonds. The Kier molecular flexibility index (Phi) is 7.15. The van der Waals surface area contributed by atoms with Gasteiger partial charge in [0.1, 0.15) is 17.3 Å². The standard InChI is InChI=1S/C22H34N6O3/c1-14(2)11-18(23-20(29)13-26(5)6)21-25-24-19-7-8-27(9-10-28(19)21)22(30)17-12-15(3)31-16(17)4/h12,14,18H,7-11,13H2,1-6H3,(H,23,29)/t18-/m0/s1. The van der Waals surface area contributed by atoms with Gasteiger partial charge in [-0.15, -0.1) is 10.2 Å². The molecule has 0 saturated carbocycles. The number of furan rings is 1. The van der Waals surface area contributed by atoms with Gasteiger partial charge >= 0.3 is 0 Å². The number of fused-ring (bicyclic) bond motifs is 1. The Labute approximate surface area is 183 Å². The minimum atomic E-state index is -0.213. The molecule has 31 heavy (non-hydrogen) atoms. The Morgan fingerprint density at radius 2 is 1.94 bits per heavy atom. The summed E-state index contributed by atoms with van der Waals surface area (Å²) in [6, 6.07) is 1.59. The summed E-state index contributed by atoms with van der Waals surface area (Å²) in [5.74, 6) is 3.32. The van der Waals surface area contributed by atoms with Gasteiger partial charge in [0, 0.05) is 26.1 Å². The number of carbonyl (C=O) groups is 2. The molecule has 9 nitrogen and oxygen atoms in total. The first-order chi connectivity index (χ1) is 14.7. The predicted octanol–water partition coefficient (Wildman–Crippen LogP) is 1.95. The predicted molar refractivity (Wildman–Crippen MR) is 117 cm³/mol. The van der Waals surface area contributed by atoms with Gasteiger partial charge in [-0.2, -0.15) is 0 Å². The fourth-order valence-corrected chi connectivity index (χ4v) is 4.05. The minimum Gasteiger partial charge on any atom is -0.466 e. The second-order valence-electron chi connectivity index (χ2n) is 8.98. The fourth-order valence-electron chi connectivity index (χ4n) is 4.05. The molecular weight excluding hydrogens is 396 g/mol. The van der Waals surface area contributed by atoms with Crippen molar-refractivity contribution in [2.45, 2.75) is 53.1 Å². The van der Waals surface area contributed by atoms with Crippen LogP contribution in [0.15, 0.2) is 10.5 Å². The maximum atomic E-state index is 13.0.